The molecule has 1 aromatic carbocycles. The maximum Gasteiger partial charge on any atom is 0.193 e. The Hall–Kier alpha value is -1.22. The summed E-state index contributed by atoms with van der Waals surface area (Å²) in [6.07, 6.45) is 5.29. The summed E-state index contributed by atoms with van der Waals surface area (Å²) in [6.45, 7) is 6.72. The van der Waals surface area contributed by atoms with Crippen LogP contribution in [0.1, 0.15) is 39.5 Å². The van der Waals surface area contributed by atoms with Crippen molar-refractivity contribution >= 4 is 35.6 Å². The van der Waals surface area contributed by atoms with Crippen LogP contribution in [0.2, 0.25) is 0 Å². The third-order valence-electron chi connectivity index (χ3n) is 4.51. The standard InChI is InChI=1S/C19H32N4O2.HI/c1-4-24-16-10-11-18(25-5-2)17(14-16)22-19(20)21-12-13-23(3)15-8-6-7-9-15;/h10-11,14-15H,4-9,12-13H2,1-3H3,(H3,20,21,22);1H. The van der Waals surface area contributed by atoms with Crippen molar-refractivity contribution in [2.45, 2.75) is 45.6 Å². The number of hydrogen-bond acceptors (Lipinski definition) is 4. The zero-order chi connectivity index (χ0) is 18.1. The molecule has 0 radical (unpaired) electrons. The first-order chi connectivity index (χ1) is 12.1. The molecule has 26 heavy (non-hydrogen) atoms. The van der Waals surface area contributed by atoms with E-state index in [1.54, 1.807) is 0 Å². The van der Waals surface area contributed by atoms with Crippen LogP contribution in [0.5, 0.6) is 11.5 Å². The Morgan fingerprint density at radius 2 is 1.92 bits per heavy atom. The molecule has 7 heteroatoms. The molecule has 1 aliphatic carbocycles. The molecule has 6 nitrogen and oxygen atoms in total. The first-order valence-electron chi connectivity index (χ1n) is 9.30. The fraction of sp³-hybridized carbons (Fsp3) is 0.632. The number of nitrogens with two attached hydrogens (primary N) is 1. The molecule has 0 atom stereocenters. The van der Waals surface area contributed by atoms with Crippen molar-refractivity contribution in [3.05, 3.63) is 18.2 Å². The summed E-state index contributed by atoms with van der Waals surface area (Å²) in [5.41, 5.74) is 6.83. The van der Waals surface area contributed by atoms with E-state index in [1.165, 1.54) is 25.7 Å². The van der Waals surface area contributed by atoms with Crippen molar-refractivity contribution < 1.29 is 9.47 Å². The Morgan fingerprint density at radius 1 is 1.23 bits per heavy atom. The molecule has 0 heterocycles. The lowest BCUT2D eigenvalue weighted by Gasteiger charge is -2.23. The number of guanidine groups is 1. The number of anilines is 1. The lowest BCUT2D eigenvalue weighted by molar-refractivity contribution is 0.252. The van der Waals surface area contributed by atoms with Crippen LogP contribution in [0.3, 0.4) is 0 Å². The number of nitrogens with zero attached hydrogens (tertiary/aromatic N) is 2. The van der Waals surface area contributed by atoms with Crippen molar-refractivity contribution in [1.29, 1.82) is 0 Å². The van der Waals surface area contributed by atoms with Gasteiger partial charge in [0.1, 0.15) is 11.5 Å². The van der Waals surface area contributed by atoms with Gasteiger partial charge in [-0.05, 0) is 45.9 Å². The lowest BCUT2D eigenvalue weighted by atomic mass is 10.2. The number of likely N-dealkylation sites (N-methyl/N-ethyl adjacent to an activating group) is 1. The zero-order valence-corrected chi connectivity index (χ0v) is 18.5. The molecule has 2 rings (SSSR count). The van der Waals surface area contributed by atoms with Gasteiger partial charge in [0, 0.05) is 18.7 Å². The number of halogens is 1. The first kappa shape index (κ1) is 22.8. The van der Waals surface area contributed by atoms with Gasteiger partial charge in [-0.15, -0.1) is 24.0 Å². The van der Waals surface area contributed by atoms with Gasteiger partial charge in [0.05, 0.1) is 25.4 Å². The Bertz CT molecular complexity index is 562. The highest BCUT2D eigenvalue weighted by molar-refractivity contribution is 14.0. The predicted molar refractivity (Wildman–Crippen MR) is 119 cm³/mol. The van der Waals surface area contributed by atoms with Crippen molar-refractivity contribution in [2.75, 3.05) is 38.7 Å². The van der Waals surface area contributed by atoms with Crippen LogP contribution in [-0.2, 0) is 0 Å². The molecule has 0 unspecified atom stereocenters. The highest BCUT2D eigenvalue weighted by atomic mass is 127. The third-order valence-corrected chi connectivity index (χ3v) is 4.51. The van der Waals surface area contributed by atoms with E-state index in [0.717, 1.165) is 23.7 Å². The largest absolute Gasteiger partial charge is 0.494 e. The fourth-order valence-electron chi connectivity index (χ4n) is 3.18. The average Bonchev–Trinajstić information content (AvgIpc) is 3.12. The minimum Gasteiger partial charge on any atom is -0.494 e. The predicted octanol–water partition coefficient (Wildman–Crippen LogP) is 3.70. The summed E-state index contributed by atoms with van der Waals surface area (Å²) in [4.78, 5) is 6.85. The lowest BCUT2D eigenvalue weighted by Crippen LogP contribution is -2.32. The van der Waals surface area contributed by atoms with Gasteiger partial charge in [-0.2, -0.15) is 0 Å². The molecule has 0 bridgehead atoms. The van der Waals surface area contributed by atoms with E-state index in [4.69, 9.17) is 15.2 Å². The molecular formula is C19H33IN4O2. The monoisotopic (exact) mass is 476 g/mol. The van der Waals surface area contributed by atoms with Gasteiger partial charge in [-0.1, -0.05) is 12.8 Å². The molecule has 0 aliphatic heterocycles. The molecule has 1 aromatic rings. The summed E-state index contributed by atoms with van der Waals surface area (Å²) < 4.78 is 11.2. The molecule has 1 aliphatic rings. The molecule has 0 saturated heterocycles. The Balaban J connectivity index is 0.00000338. The summed E-state index contributed by atoms with van der Waals surface area (Å²) in [5.74, 6) is 1.92. The third kappa shape index (κ3) is 7.19. The second kappa shape index (κ2) is 12.2. The number of aliphatic imine (C=N–C) groups is 1. The van der Waals surface area contributed by atoms with Crippen LogP contribution in [0, 0.1) is 0 Å². The quantitative estimate of drug-likeness (QED) is 0.323. The number of rotatable bonds is 9. The van der Waals surface area contributed by atoms with E-state index in [2.05, 4.69) is 22.3 Å². The van der Waals surface area contributed by atoms with Crippen LogP contribution >= 0.6 is 24.0 Å². The molecule has 0 spiro atoms. The second-order valence-corrected chi connectivity index (χ2v) is 6.33. The normalized spacial score (nSPS) is 15.0. The Kier molecular flexibility index (Phi) is 10.7. The molecule has 1 saturated carbocycles. The fourth-order valence-corrected chi connectivity index (χ4v) is 3.18. The van der Waals surface area contributed by atoms with Crippen molar-refractivity contribution in [2.24, 2.45) is 10.7 Å². The van der Waals surface area contributed by atoms with Crippen LogP contribution in [0.25, 0.3) is 0 Å². The summed E-state index contributed by atoms with van der Waals surface area (Å²) >= 11 is 0. The second-order valence-electron chi connectivity index (χ2n) is 6.33. The molecule has 0 amide bonds. The topological polar surface area (TPSA) is 72.1 Å². The summed E-state index contributed by atoms with van der Waals surface area (Å²) in [5, 5.41) is 3.14. The molecule has 3 N–H and O–H groups in total. The highest BCUT2D eigenvalue weighted by Gasteiger charge is 2.18. The number of benzene rings is 1. The molecular weight excluding hydrogens is 443 g/mol. The minimum atomic E-state index is 0. The van der Waals surface area contributed by atoms with Gasteiger partial charge in [0.2, 0.25) is 0 Å². The van der Waals surface area contributed by atoms with Crippen molar-refractivity contribution in [3.8, 4) is 11.5 Å². The minimum absolute atomic E-state index is 0. The van der Waals surface area contributed by atoms with Gasteiger partial charge >= 0.3 is 0 Å². The van der Waals surface area contributed by atoms with Crippen LogP contribution < -0.4 is 20.5 Å². The van der Waals surface area contributed by atoms with Crippen LogP contribution in [0.4, 0.5) is 5.69 Å². The smallest absolute Gasteiger partial charge is 0.193 e. The SMILES string of the molecule is CCOc1ccc(OCC)c(NC(N)=NCCN(C)C2CCCC2)c1.I. The van der Waals surface area contributed by atoms with E-state index in [-0.39, 0.29) is 24.0 Å². The van der Waals surface area contributed by atoms with Crippen LogP contribution in [0.15, 0.2) is 23.2 Å². The zero-order valence-electron chi connectivity index (χ0n) is 16.2. The van der Waals surface area contributed by atoms with Crippen LogP contribution in [-0.4, -0.2) is 50.3 Å². The average molecular weight is 476 g/mol. The maximum absolute atomic E-state index is 6.06. The van der Waals surface area contributed by atoms with E-state index >= 15 is 0 Å². The Labute approximate surface area is 174 Å². The molecule has 1 fully saturated rings. The number of hydrogen-bond donors (Lipinski definition) is 2. The van der Waals surface area contributed by atoms with E-state index in [1.807, 2.05) is 32.0 Å². The van der Waals surface area contributed by atoms with Gasteiger partial charge in [-0.25, -0.2) is 0 Å². The molecule has 0 aromatic heterocycles. The van der Waals surface area contributed by atoms with Gasteiger partial charge in [0.25, 0.3) is 0 Å². The van der Waals surface area contributed by atoms with E-state index < -0.39 is 0 Å². The number of nitrogens with one attached hydrogen (secondary N) is 1. The molecule has 148 valence electrons. The first-order valence-corrected chi connectivity index (χ1v) is 9.30. The van der Waals surface area contributed by atoms with Crippen molar-refractivity contribution in [3.63, 3.8) is 0 Å². The van der Waals surface area contributed by atoms with Crippen molar-refractivity contribution in [1.82, 2.24) is 4.90 Å². The van der Waals surface area contributed by atoms with E-state index in [9.17, 15) is 0 Å². The van der Waals surface area contributed by atoms with Gasteiger partial charge < -0.3 is 25.4 Å². The maximum atomic E-state index is 6.06. The highest BCUT2D eigenvalue weighted by Crippen LogP contribution is 2.29. The summed E-state index contributed by atoms with van der Waals surface area (Å²) in [6, 6.07) is 6.38. The Morgan fingerprint density at radius 3 is 2.58 bits per heavy atom. The van der Waals surface area contributed by atoms with Gasteiger partial charge in [-0.3, -0.25) is 4.99 Å². The summed E-state index contributed by atoms with van der Waals surface area (Å²) in [7, 11) is 2.17. The van der Waals surface area contributed by atoms with E-state index in [0.29, 0.717) is 31.8 Å². The van der Waals surface area contributed by atoms with Gasteiger partial charge in [0.15, 0.2) is 5.96 Å². The number of ether oxygens (including phenoxy) is 2.